The molecule has 6 nitrogen and oxygen atoms in total. The first-order chi connectivity index (χ1) is 7.58. The van der Waals surface area contributed by atoms with Crippen molar-refractivity contribution >= 4 is 35.6 Å². The monoisotopic (exact) mass is 238 g/mol. The lowest BCUT2D eigenvalue weighted by Crippen LogP contribution is -2.20. The first kappa shape index (κ1) is 11.0. The Labute approximate surface area is 98.5 Å². The van der Waals surface area contributed by atoms with E-state index in [1.807, 2.05) is 0 Å². The summed E-state index contributed by atoms with van der Waals surface area (Å²) < 4.78 is 0. The number of imidazole rings is 1. The largest absolute Gasteiger partial charge is 0.368 e. The summed E-state index contributed by atoms with van der Waals surface area (Å²) in [6, 6.07) is 0. The molecule has 86 valence electrons. The summed E-state index contributed by atoms with van der Waals surface area (Å²) in [5, 5.41) is 3.16. The van der Waals surface area contributed by atoms with Crippen LogP contribution in [0.1, 0.15) is 13.8 Å². The fourth-order valence-corrected chi connectivity index (χ4v) is 1.38. The van der Waals surface area contributed by atoms with E-state index >= 15 is 0 Å². The molecule has 0 bridgehead atoms. The van der Waals surface area contributed by atoms with Gasteiger partial charge < -0.3 is 16.0 Å². The summed E-state index contributed by atoms with van der Waals surface area (Å²) in [6.45, 7) is 4.13. The zero-order valence-electron chi connectivity index (χ0n) is 9.10. The molecule has 0 fully saturated rings. The summed E-state index contributed by atoms with van der Waals surface area (Å²) in [7, 11) is 0. The number of nitrogen functional groups attached to an aromatic ring is 1. The molecule has 16 heavy (non-hydrogen) atoms. The molecule has 1 atom stereocenters. The lowest BCUT2D eigenvalue weighted by molar-refractivity contribution is 0.653. The number of aromatic amines is 1. The number of thiol groups is 1. The highest BCUT2D eigenvalue weighted by atomic mass is 32.1. The zero-order chi connectivity index (χ0) is 11.7. The van der Waals surface area contributed by atoms with E-state index in [2.05, 4.69) is 51.7 Å². The number of nitrogens with two attached hydrogens (primary N) is 1. The van der Waals surface area contributed by atoms with Gasteiger partial charge in [-0.3, -0.25) is 0 Å². The molecule has 0 saturated heterocycles. The predicted octanol–water partition coefficient (Wildman–Crippen LogP) is 1.26. The predicted molar refractivity (Wildman–Crippen MR) is 67.3 cm³/mol. The van der Waals surface area contributed by atoms with Gasteiger partial charge in [0, 0.05) is 0 Å². The van der Waals surface area contributed by atoms with Gasteiger partial charge in [-0.15, -0.1) is 0 Å². The Hall–Kier alpha value is -1.50. The van der Waals surface area contributed by atoms with Crippen molar-refractivity contribution in [3.63, 3.8) is 0 Å². The van der Waals surface area contributed by atoms with Crippen molar-refractivity contribution in [1.29, 1.82) is 0 Å². The Kier molecular flexibility index (Phi) is 2.86. The quantitative estimate of drug-likeness (QED) is 0.477. The van der Waals surface area contributed by atoms with Crippen LogP contribution in [0.3, 0.4) is 0 Å². The number of rotatable bonds is 3. The van der Waals surface area contributed by atoms with Crippen molar-refractivity contribution in [2.45, 2.75) is 19.2 Å². The summed E-state index contributed by atoms with van der Waals surface area (Å²) in [4.78, 5) is 15.2. The zero-order valence-corrected chi connectivity index (χ0v) is 9.99. The summed E-state index contributed by atoms with van der Waals surface area (Å²) in [5.41, 5.74) is 6.90. The fraction of sp³-hybridized carbons (Fsp3) is 0.444. The third-order valence-electron chi connectivity index (χ3n) is 2.21. The molecule has 0 aliphatic carbocycles. The Morgan fingerprint density at radius 2 is 2.19 bits per heavy atom. The smallest absolute Gasteiger partial charge is 0.224 e. The van der Waals surface area contributed by atoms with Crippen LogP contribution in [0.15, 0.2) is 6.33 Å². The number of H-pyrrole nitrogens is 1. The molecular formula is C9H14N6S. The molecule has 0 spiro atoms. The van der Waals surface area contributed by atoms with Gasteiger partial charge >= 0.3 is 0 Å². The fourth-order valence-electron chi connectivity index (χ4n) is 1.26. The van der Waals surface area contributed by atoms with Crippen molar-refractivity contribution in [2.75, 3.05) is 11.1 Å². The lowest BCUT2D eigenvalue weighted by Gasteiger charge is -2.17. The van der Waals surface area contributed by atoms with Crippen molar-refractivity contribution in [2.24, 2.45) is 5.92 Å². The van der Waals surface area contributed by atoms with Crippen LogP contribution in [0.5, 0.6) is 0 Å². The normalized spacial score (nSPS) is 13.2. The van der Waals surface area contributed by atoms with E-state index in [0.717, 1.165) is 0 Å². The Bertz CT molecular complexity index is 494. The molecule has 2 aromatic rings. The van der Waals surface area contributed by atoms with E-state index in [0.29, 0.717) is 22.9 Å². The maximum absolute atomic E-state index is 5.60. The van der Waals surface area contributed by atoms with Crippen molar-refractivity contribution in [3.05, 3.63) is 6.33 Å². The van der Waals surface area contributed by atoms with Crippen LogP contribution in [0.2, 0.25) is 0 Å². The van der Waals surface area contributed by atoms with Gasteiger partial charge in [-0.25, -0.2) is 4.98 Å². The van der Waals surface area contributed by atoms with Gasteiger partial charge in [0.15, 0.2) is 11.5 Å². The molecule has 0 aliphatic heterocycles. The summed E-state index contributed by atoms with van der Waals surface area (Å²) in [6.07, 6.45) is 1.56. The number of hydrogen-bond donors (Lipinski definition) is 4. The van der Waals surface area contributed by atoms with Gasteiger partial charge in [0.25, 0.3) is 0 Å². The standard InChI is InChI=1S/C9H14N6S/c1-4(2)8(16)13-7-5-6(12-3-11-5)14-9(10)15-7/h3-4,8,16H,1-2H3,(H4,10,11,12,13,14,15)/t8-/m0/s1. The first-order valence-electron chi connectivity index (χ1n) is 4.99. The third kappa shape index (κ3) is 2.04. The summed E-state index contributed by atoms with van der Waals surface area (Å²) >= 11 is 4.43. The van der Waals surface area contributed by atoms with E-state index < -0.39 is 0 Å². The van der Waals surface area contributed by atoms with Crippen LogP contribution in [0.4, 0.5) is 11.8 Å². The van der Waals surface area contributed by atoms with Gasteiger partial charge in [-0.05, 0) is 5.92 Å². The average molecular weight is 238 g/mol. The van der Waals surface area contributed by atoms with E-state index in [4.69, 9.17) is 5.73 Å². The van der Waals surface area contributed by atoms with Crippen molar-refractivity contribution in [1.82, 2.24) is 19.9 Å². The second-order valence-corrected chi connectivity index (χ2v) is 4.42. The van der Waals surface area contributed by atoms with Gasteiger partial charge in [-0.1, -0.05) is 13.8 Å². The Morgan fingerprint density at radius 1 is 1.44 bits per heavy atom. The van der Waals surface area contributed by atoms with Crippen LogP contribution in [0.25, 0.3) is 11.2 Å². The average Bonchev–Trinajstić information content (AvgIpc) is 2.65. The minimum atomic E-state index is -0.00537. The second kappa shape index (κ2) is 4.17. The van der Waals surface area contributed by atoms with E-state index in [1.165, 1.54) is 0 Å². The van der Waals surface area contributed by atoms with Crippen LogP contribution in [-0.4, -0.2) is 25.3 Å². The SMILES string of the molecule is CC(C)[C@H](S)Nc1nc(N)nc2[nH]cnc12. The number of hydrogen-bond acceptors (Lipinski definition) is 6. The topological polar surface area (TPSA) is 92.5 Å². The number of aromatic nitrogens is 4. The molecule has 0 unspecified atom stereocenters. The molecule has 7 heteroatoms. The molecule has 2 aromatic heterocycles. The first-order valence-corrected chi connectivity index (χ1v) is 5.50. The third-order valence-corrected chi connectivity index (χ3v) is 2.94. The lowest BCUT2D eigenvalue weighted by atomic mass is 10.2. The molecule has 2 rings (SSSR count). The van der Waals surface area contributed by atoms with Gasteiger partial charge in [0.1, 0.15) is 5.52 Å². The number of nitrogens with zero attached hydrogens (tertiary/aromatic N) is 3. The Balaban J connectivity index is 2.39. The Morgan fingerprint density at radius 3 is 2.88 bits per heavy atom. The maximum Gasteiger partial charge on any atom is 0.224 e. The van der Waals surface area contributed by atoms with Crippen LogP contribution < -0.4 is 11.1 Å². The molecule has 0 aliphatic rings. The minimum absolute atomic E-state index is 0.00537. The van der Waals surface area contributed by atoms with Crippen LogP contribution in [-0.2, 0) is 0 Å². The number of fused-ring (bicyclic) bond motifs is 1. The van der Waals surface area contributed by atoms with Gasteiger partial charge in [0.2, 0.25) is 5.95 Å². The molecule has 0 saturated carbocycles. The molecule has 4 N–H and O–H groups in total. The van der Waals surface area contributed by atoms with Crippen LogP contribution >= 0.6 is 12.6 Å². The highest BCUT2D eigenvalue weighted by Crippen LogP contribution is 2.20. The van der Waals surface area contributed by atoms with Gasteiger partial charge in [0.05, 0.1) is 11.7 Å². The molecule has 0 aromatic carbocycles. The van der Waals surface area contributed by atoms with Gasteiger partial charge in [-0.2, -0.15) is 22.6 Å². The van der Waals surface area contributed by atoms with Crippen molar-refractivity contribution in [3.8, 4) is 0 Å². The second-order valence-electron chi connectivity index (χ2n) is 3.86. The molecule has 0 amide bonds. The molecule has 2 heterocycles. The highest BCUT2D eigenvalue weighted by Gasteiger charge is 2.13. The highest BCUT2D eigenvalue weighted by molar-refractivity contribution is 7.81. The van der Waals surface area contributed by atoms with E-state index in [1.54, 1.807) is 6.33 Å². The van der Waals surface area contributed by atoms with Crippen LogP contribution in [0, 0.1) is 5.92 Å². The number of anilines is 2. The van der Waals surface area contributed by atoms with Crippen molar-refractivity contribution < 1.29 is 0 Å². The maximum atomic E-state index is 5.60. The minimum Gasteiger partial charge on any atom is -0.368 e. The number of nitrogens with one attached hydrogen (secondary N) is 2. The molecular weight excluding hydrogens is 224 g/mol. The van der Waals surface area contributed by atoms with E-state index in [9.17, 15) is 0 Å². The molecule has 0 radical (unpaired) electrons. The summed E-state index contributed by atoms with van der Waals surface area (Å²) in [5.74, 6) is 1.19. The van der Waals surface area contributed by atoms with E-state index in [-0.39, 0.29) is 11.3 Å².